The third kappa shape index (κ3) is 5.02. The second-order valence-corrected chi connectivity index (χ2v) is 6.23. The molecule has 0 aliphatic carbocycles. The summed E-state index contributed by atoms with van der Waals surface area (Å²) >= 11 is 7.83. The Hall–Kier alpha value is -1.59. The molecule has 2 rings (SSSR count). The monoisotopic (exact) mass is 322 g/mol. The van der Waals surface area contributed by atoms with Gasteiger partial charge in [0, 0.05) is 22.6 Å². The third-order valence-electron chi connectivity index (χ3n) is 2.79. The van der Waals surface area contributed by atoms with Gasteiger partial charge in [0.15, 0.2) is 5.96 Å². The van der Waals surface area contributed by atoms with E-state index in [9.17, 15) is 0 Å². The van der Waals surface area contributed by atoms with E-state index in [1.165, 1.54) is 4.88 Å². The van der Waals surface area contributed by atoms with Crippen molar-refractivity contribution in [2.45, 2.75) is 26.9 Å². The molecule has 0 saturated heterocycles. The summed E-state index contributed by atoms with van der Waals surface area (Å²) < 4.78 is 0. The van der Waals surface area contributed by atoms with Gasteiger partial charge in [-0.1, -0.05) is 29.8 Å². The highest BCUT2D eigenvalue weighted by Gasteiger charge is 2.02. The molecule has 0 spiro atoms. The van der Waals surface area contributed by atoms with Gasteiger partial charge in [-0.25, -0.2) is 9.98 Å². The van der Waals surface area contributed by atoms with Crippen molar-refractivity contribution in [3.63, 3.8) is 0 Å². The molecule has 1 aromatic carbocycles. The van der Waals surface area contributed by atoms with E-state index >= 15 is 0 Å². The van der Waals surface area contributed by atoms with Crippen LogP contribution in [0, 0.1) is 6.92 Å². The number of aromatic nitrogens is 1. The van der Waals surface area contributed by atoms with Crippen LogP contribution in [0.3, 0.4) is 0 Å². The molecule has 0 aliphatic rings. The van der Waals surface area contributed by atoms with E-state index in [4.69, 9.17) is 11.6 Å². The van der Waals surface area contributed by atoms with Gasteiger partial charge >= 0.3 is 0 Å². The van der Waals surface area contributed by atoms with Gasteiger partial charge in [-0.05, 0) is 25.5 Å². The summed E-state index contributed by atoms with van der Waals surface area (Å²) in [6.07, 6.45) is 1.88. The molecular formula is C15H19ClN4S. The summed E-state index contributed by atoms with van der Waals surface area (Å²) in [6, 6.07) is 7.75. The average molecular weight is 323 g/mol. The minimum atomic E-state index is 0.548. The first-order valence-corrected chi connectivity index (χ1v) is 8.05. The Morgan fingerprint density at radius 2 is 2.14 bits per heavy atom. The van der Waals surface area contributed by atoms with Crippen molar-refractivity contribution in [3.8, 4) is 0 Å². The number of benzene rings is 1. The highest BCUT2D eigenvalue weighted by atomic mass is 35.5. The second-order valence-electron chi connectivity index (χ2n) is 4.50. The zero-order chi connectivity index (χ0) is 15.1. The minimum absolute atomic E-state index is 0.548. The Morgan fingerprint density at radius 3 is 2.81 bits per heavy atom. The molecule has 0 bridgehead atoms. The number of halogens is 1. The molecular weight excluding hydrogens is 304 g/mol. The Morgan fingerprint density at radius 1 is 1.33 bits per heavy atom. The van der Waals surface area contributed by atoms with Crippen molar-refractivity contribution < 1.29 is 0 Å². The Bertz CT molecular complexity index is 609. The average Bonchev–Trinajstić information content (AvgIpc) is 2.89. The largest absolute Gasteiger partial charge is 0.357 e. The molecule has 0 unspecified atom stereocenters. The van der Waals surface area contributed by atoms with E-state index in [1.54, 1.807) is 11.3 Å². The van der Waals surface area contributed by atoms with Crippen molar-refractivity contribution in [3.05, 3.63) is 50.9 Å². The fourth-order valence-electron chi connectivity index (χ4n) is 1.78. The van der Waals surface area contributed by atoms with Gasteiger partial charge in [-0.15, -0.1) is 11.3 Å². The molecule has 0 fully saturated rings. The molecule has 0 amide bonds. The Balaban J connectivity index is 1.97. The predicted octanol–water partition coefficient (Wildman–Crippen LogP) is 3.36. The van der Waals surface area contributed by atoms with E-state index in [0.717, 1.165) is 28.1 Å². The first-order valence-electron chi connectivity index (χ1n) is 6.86. The van der Waals surface area contributed by atoms with Crippen LogP contribution in [-0.4, -0.2) is 17.5 Å². The smallest absolute Gasteiger partial charge is 0.191 e. The number of thiazole rings is 1. The topological polar surface area (TPSA) is 49.3 Å². The van der Waals surface area contributed by atoms with Crippen molar-refractivity contribution in [2.75, 3.05) is 6.54 Å². The molecule has 0 radical (unpaired) electrons. The number of rotatable bonds is 5. The minimum Gasteiger partial charge on any atom is -0.357 e. The van der Waals surface area contributed by atoms with Crippen LogP contribution in [0.1, 0.15) is 22.4 Å². The molecule has 0 saturated carbocycles. The van der Waals surface area contributed by atoms with Gasteiger partial charge in [0.1, 0.15) is 5.01 Å². The van der Waals surface area contributed by atoms with Crippen molar-refractivity contribution >= 4 is 28.9 Å². The normalized spacial score (nSPS) is 11.5. The standard InChI is InChI=1S/C15H19ClN4S/c1-3-17-15(20-10-14-18-8-11(2)21-14)19-9-12-6-4-5-7-13(12)16/h4-8H,3,9-10H2,1-2H3,(H2,17,19,20). The first-order chi connectivity index (χ1) is 10.2. The predicted molar refractivity (Wildman–Crippen MR) is 90.0 cm³/mol. The summed E-state index contributed by atoms with van der Waals surface area (Å²) in [6.45, 7) is 6.13. The number of hydrogen-bond donors (Lipinski definition) is 2. The van der Waals surface area contributed by atoms with Crippen LogP contribution in [-0.2, 0) is 13.1 Å². The van der Waals surface area contributed by atoms with E-state index < -0.39 is 0 Å². The Labute approximate surface area is 134 Å². The molecule has 1 heterocycles. The molecule has 6 heteroatoms. The number of guanidine groups is 1. The SMILES string of the molecule is CCNC(=NCc1ccccc1Cl)NCc1ncc(C)s1. The number of aliphatic imine (C=N–C) groups is 1. The first kappa shape index (κ1) is 15.8. The van der Waals surface area contributed by atoms with E-state index in [2.05, 4.69) is 27.5 Å². The Kier molecular flexibility index (Phi) is 6.02. The number of nitrogens with zero attached hydrogens (tertiary/aromatic N) is 2. The van der Waals surface area contributed by atoms with Gasteiger partial charge in [0.05, 0.1) is 13.1 Å². The van der Waals surface area contributed by atoms with Crippen LogP contribution < -0.4 is 10.6 Å². The van der Waals surface area contributed by atoms with Crippen LogP contribution in [0.15, 0.2) is 35.5 Å². The van der Waals surface area contributed by atoms with Crippen LogP contribution in [0.4, 0.5) is 0 Å². The maximum Gasteiger partial charge on any atom is 0.191 e. The molecule has 0 aliphatic heterocycles. The van der Waals surface area contributed by atoms with Crippen LogP contribution in [0.25, 0.3) is 0 Å². The highest BCUT2D eigenvalue weighted by molar-refractivity contribution is 7.11. The summed E-state index contributed by atoms with van der Waals surface area (Å²) in [5.41, 5.74) is 1.02. The lowest BCUT2D eigenvalue weighted by atomic mass is 10.2. The lowest BCUT2D eigenvalue weighted by Crippen LogP contribution is -2.36. The molecule has 0 atom stereocenters. The van der Waals surface area contributed by atoms with Crippen LogP contribution in [0.2, 0.25) is 5.02 Å². The van der Waals surface area contributed by atoms with Gasteiger partial charge in [-0.3, -0.25) is 0 Å². The van der Waals surface area contributed by atoms with Crippen molar-refractivity contribution in [1.29, 1.82) is 0 Å². The fraction of sp³-hybridized carbons (Fsp3) is 0.333. The van der Waals surface area contributed by atoms with Gasteiger partial charge < -0.3 is 10.6 Å². The summed E-state index contributed by atoms with van der Waals surface area (Å²) in [5.74, 6) is 0.769. The van der Waals surface area contributed by atoms with Crippen molar-refractivity contribution in [1.82, 2.24) is 15.6 Å². The number of nitrogens with one attached hydrogen (secondary N) is 2. The fourth-order valence-corrected chi connectivity index (χ4v) is 2.70. The molecule has 1 aromatic heterocycles. The maximum atomic E-state index is 6.14. The van der Waals surface area contributed by atoms with Gasteiger partial charge in [0.25, 0.3) is 0 Å². The summed E-state index contributed by atoms with van der Waals surface area (Å²) in [5, 5.41) is 8.30. The van der Waals surface area contributed by atoms with E-state index in [1.807, 2.05) is 37.4 Å². The highest BCUT2D eigenvalue weighted by Crippen LogP contribution is 2.15. The van der Waals surface area contributed by atoms with E-state index in [-0.39, 0.29) is 0 Å². The van der Waals surface area contributed by atoms with Crippen LogP contribution in [0.5, 0.6) is 0 Å². The lowest BCUT2D eigenvalue weighted by molar-refractivity contribution is 0.811. The van der Waals surface area contributed by atoms with Gasteiger partial charge in [-0.2, -0.15) is 0 Å². The molecule has 2 N–H and O–H groups in total. The number of hydrogen-bond acceptors (Lipinski definition) is 3. The van der Waals surface area contributed by atoms with Crippen LogP contribution >= 0.6 is 22.9 Å². The zero-order valence-electron chi connectivity index (χ0n) is 12.2. The second kappa shape index (κ2) is 8.00. The molecule has 21 heavy (non-hydrogen) atoms. The number of aryl methyl sites for hydroxylation is 1. The van der Waals surface area contributed by atoms with E-state index in [0.29, 0.717) is 13.1 Å². The lowest BCUT2D eigenvalue weighted by Gasteiger charge is -2.10. The summed E-state index contributed by atoms with van der Waals surface area (Å²) in [7, 11) is 0. The zero-order valence-corrected chi connectivity index (χ0v) is 13.8. The third-order valence-corrected chi connectivity index (χ3v) is 4.07. The molecule has 2 aromatic rings. The maximum absolute atomic E-state index is 6.14. The van der Waals surface area contributed by atoms with Gasteiger partial charge in [0.2, 0.25) is 0 Å². The molecule has 4 nitrogen and oxygen atoms in total. The quantitative estimate of drug-likeness (QED) is 0.655. The molecule has 112 valence electrons. The van der Waals surface area contributed by atoms with Crippen molar-refractivity contribution in [2.24, 2.45) is 4.99 Å². The summed E-state index contributed by atoms with van der Waals surface area (Å²) in [4.78, 5) is 10.1.